The van der Waals surface area contributed by atoms with E-state index in [2.05, 4.69) is 82.4 Å². The van der Waals surface area contributed by atoms with Gasteiger partial charge in [-0.25, -0.2) is 0 Å². The summed E-state index contributed by atoms with van der Waals surface area (Å²) in [5.74, 6) is 6.72. The number of rotatable bonds is 5. The van der Waals surface area contributed by atoms with Crippen molar-refractivity contribution in [3.8, 4) is 0 Å². The number of hydrogen-bond donors (Lipinski definition) is 0. The fourth-order valence-electron chi connectivity index (χ4n) is 11.7. The van der Waals surface area contributed by atoms with Crippen LogP contribution >= 0.6 is 47.8 Å². The van der Waals surface area contributed by atoms with Crippen LogP contribution in [0.1, 0.15) is 92.4 Å². The summed E-state index contributed by atoms with van der Waals surface area (Å²) in [6, 6.07) is 0. The van der Waals surface area contributed by atoms with E-state index in [1.807, 2.05) is 7.11 Å². The Balaban J connectivity index is 1.23. The lowest BCUT2D eigenvalue weighted by atomic mass is 9.45. The highest BCUT2D eigenvalue weighted by Crippen LogP contribution is 2.82. The van der Waals surface area contributed by atoms with Crippen LogP contribution in [-0.2, 0) is 4.74 Å². The molecule has 0 aromatic rings. The molecule has 12 atom stereocenters. The number of hydrogen-bond acceptors (Lipinski definition) is 1. The smallest absolute Gasteiger partial charge is 0.101 e. The van der Waals surface area contributed by atoms with Crippen molar-refractivity contribution in [1.82, 2.24) is 0 Å². The van der Waals surface area contributed by atoms with Crippen LogP contribution in [0.3, 0.4) is 0 Å². The minimum Gasteiger partial charge on any atom is -0.381 e. The zero-order valence-electron chi connectivity index (χ0n) is 21.6. The molecule has 1 nitrogen and oxygen atoms in total. The summed E-state index contributed by atoms with van der Waals surface area (Å²) >= 11 is 12.3. The molecule has 0 N–H and O–H groups in total. The number of methoxy groups -OCH3 is 1. The van der Waals surface area contributed by atoms with E-state index in [4.69, 9.17) is 4.74 Å². The lowest BCUT2D eigenvalue weighted by molar-refractivity contribution is -0.161. The van der Waals surface area contributed by atoms with Crippen LogP contribution in [0.2, 0.25) is 0 Å². The topological polar surface area (TPSA) is 9.23 Å². The van der Waals surface area contributed by atoms with Crippen molar-refractivity contribution in [2.75, 3.05) is 7.11 Å². The van der Waals surface area contributed by atoms with Crippen molar-refractivity contribution >= 4 is 47.8 Å². The van der Waals surface area contributed by atoms with Crippen LogP contribution < -0.4 is 0 Å². The van der Waals surface area contributed by atoms with Gasteiger partial charge in [-0.3, -0.25) is 0 Å². The number of ether oxygens (including phenoxy) is 1. The highest BCUT2D eigenvalue weighted by molar-refractivity contribution is 9.26. The van der Waals surface area contributed by atoms with Crippen molar-refractivity contribution in [1.29, 1.82) is 0 Å². The number of fused-ring (bicyclic) bond motifs is 4. The van der Waals surface area contributed by atoms with Gasteiger partial charge < -0.3 is 4.74 Å². The molecule has 188 valence electrons. The number of halogens is 3. The van der Waals surface area contributed by atoms with E-state index in [1.54, 1.807) is 0 Å². The Hall–Kier alpha value is 1.40. The van der Waals surface area contributed by atoms with E-state index in [0.29, 0.717) is 34.2 Å². The zero-order valence-corrected chi connectivity index (χ0v) is 26.4. The Morgan fingerprint density at radius 1 is 0.939 bits per heavy atom. The Labute approximate surface area is 228 Å². The molecule has 0 aromatic heterocycles. The van der Waals surface area contributed by atoms with E-state index < -0.39 is 0 Å². The summed E-state index contributed by atoms with van der Waals surface area (Å²) in [6.45, 7) is 12.7. The predicted octanol–water partition coefficient (Wildman–Crippen LogP) is 9.20. The molecule has 0 unspecified atom stereocenters. The maximum atomic E-state index is 6.33. The molecule has 0 amide bonds. The van der Waals surface area contributed by atoms with E-state index in [9.17, 15) is 0 Å². The van der Waals surface area contributed by atoms with Gasteiger partial charge in [0.25, 0.3) is 0 Å². The fourth-order valence-corrected chi connectivity index (χ4v) is 15.3. The summed E-state index contributed by atoms with van der Waals surface area (Å²) in [6.07, 6.45) is 13.5. The van der Waals surface area contributed by atoms with Gasteiger partial charge in [-0.1, -0.05) is 82.4 Å². The molecule has 6 aliphatic rings. The Kier molecular flexibility index (Phi) is 5.61. The lowest BCUT2D eigenvalue weighted by Gasteiger charge is -2.61. The molecular weight excluding hydrogens is 604 g/mol. The molecule has 0 saturated heterocycles. The second-order valence-corrected chi connectivity index (χ2v) is 19.2. The molecule has 1 spiro atoms. The maximum Gasteiger partial charge on any atom is 0.101 e. The van der Waals surface area contributed by atoms with Gasteiger partial charge in [0.15, 0.2) is 0 Å². The first-order valence-corrected chi connectivity index (χ1v) is 16.4. The van der Waals surface area contributed by atoms with Crippen LogP contribution in [0.15, 0.2) is 0 Å². The highest BCUT2D eigenvalue weighted by Gasteiger charge is 2.78. The van der Waals surface area contributed by atoms with Crippen molar-refractivity contribution < 1.29 is 4.74 Å². The Morgan fingerprint density at radius 3 is 2.27 bits per heavy atom. The summed E-state index contributed by atoms with van der Waals surface area (Å²) in [4.78, 5) is 0. The van der Waals surface area contributed by atoms with Gasteiger partial charge in [-0.15, -0.1) is 0 Å². The molecule has 0 aliphatic heterocycles. The molecule has 0 aromatic carbocycles. The second-order valence-electron chi connectivity index (χ2n) is 14.3. The quantitative estimate of drug-likeness (QED) is 0.270. The van der Waals surface area contributed by atoms with Crippen LogP contribution in [0.4, 0.5) is 0 Å². The van der Waals surface area contributed by atoms with Gasteiger partial charge in [0.1, 0.15) is 3.23 Å². The van der Waals surface area contributed by atoms with Crippen LogP contribution in [0.5, 0.6) is 0 Å². The third-order valence-corrected chi connectivity index (χ3v) is 19.0. The normalized spacial score (nSPS) is 58.9. The molecule has 4 heteroatoms. The fraction of sp³-hybridized carbons (Fsp3) is 1.00. The van der Waals surface area contributed by atoms with Crippen LogP contribution in [0, 0.1) is 63.6 Å². The van der Waals surface area contributed by atoms with E-state index in [-0.39, 0.29) is 7.56 Å². The van der Waals surface area contributed by atoms with E-state index >= 15 is 0 Å². The highest BCUT2D eigenvalue weighted by atomic mass is 79.9. The van der Waals surface area contributed by atoms with Gasteiger partial charge in [0.05, 0.1) is 10.4 Å². The monoisotopic (exact) mass is 646 g/mol. The van der Waals surface area contributed by atoms with Crippen molar-refractivity contribution in [3.05, 3.63) is 0 Å². The first-order chi connectivity index (χ1) is 15.4. The Morgan fingerprint density at radius 2 is 1.67 bits per heavy atom. The van der Waals surface area contributed by atoms with Gasteiger partial charge >= 0.3 is 0 Å². The summed E-state index contributed by atoms with van der Waals surface area (Å²) in [5, 5.41) is 0. The molecule has 6 aliphatic carbocycles. The molecule has 0 bridgehead atoms. The van der Waals surface area contributed by atoms with Crippen molar-refractivity contribution in [2.24, 2.45) is 63.6 Å². The summed E-state index contributed by atoms with van der Waals surface area (Å²) in [5.41, 5.74) is 1.64. The largest absolute Gasteiger partial charge is 0.381 e. The van der Waals surface area contributed by atoms with Crippen molar-refractivity contribution in [2.45, 2.75) is 106 Å². The maximum absolute atomic E-state index is 6.33. The lowest BCUT2D eigenvalue weighted by Crippen LogP contribution is -2.57. The van der Waals surface area contributed by atoms with E-state index in [0.717, 1.165) is 35.5 Å². The third-order valence-electron chi connectivity index (χ3n) is 13.4. The first-order valence-electron chi connectivity index (χ1n) is 14.0. The standard InChI is InChI=1S/C29H45Br3O/c1-16(2)28(30)23(29(28,31)32)13-17(3)20-7-8-21-19-14-24(33-6)27-15-18(27)9-12-26(27,5)22(19)10-11-25(20,21)4/h16-24H,7-15H2,1-6H3/t17-,18-,19+,20-,21+,22+,23-,24-,25-,26-,27+,28-/m1/s1. The molecule has 0 radical (unpaired) electrons. The molecular formula is C29H45Br3O. The van der Waals surface area contributed by atoms with Gasteiger partial charge in [-0.05, 0) is 110 Å². The average molecular weight is 649 g/mol. The van der Waals surface area contributed by atoms with Gasteiger partial charge in [0, 0.05) is 18.4 Å². The minimum atomic E-state index is 0.0627. The number of alkyl halides is 3. The molecule has 6 rings (SSSR count). The molecule has 0 heterocycles. The van der Waals surface area contributed by atoms with Gasteiger partial charge in [-0.2, -0.15) is 0 Å². The first kappa shape index (κ1) is 24.7. The molecule has 6 fully saturated rings. The van der Waals surface area contributed by atoms with Crippen molar-refractivity contribution in [3.63, 3.8) is 0 Å². The minimum absolute atomic E-state index is 0.0627. The van der Waals surface area contributed by atoms with Crippen LogP contribution in [0.25, 0.3) is 0 Å². The predicted molar refractivity (Wildman–Crippen MR) is 148 cm³/mol. The summed E-state index contributed by atoms with van der Waals surface area (Å²) < 4.78 is 6.58. The molecule has 33 heavy (non-hydrogen) atoms. The SMILES string of the molecule is CO[C@@H]1C[C@H]2[C@@H]3CC[C@H]([C@H](C)C[C@H]4C(Br)(Br)[C@@]4(Br)C(C)C)[C@@]3(C)CC[C@@H]2[C@@]2(C)CC[C@@H]3C[C@]312. The zero-order chi connectivity index (χ0) is 23.8. The average Bonchev–Trinajstić information content (AvgIpc) is 3.44. The Bertz CT molecular complexity index is 828. The second kappa shape index (κ2) is 7.49. The van der Waals surface area contributed by atoms with Gasteiger partial charge in [0.2, 0.25) is 0 Å². The summed E-state index contributed by atoms with van der Waals surface area (Å²) in [7, 11) is 2.03. The third kappa shape index (κ3) is 2.85. The van der Waals surface area contributed by atoms with Crippen LogP contribution in [-0.4, -0.2) is 20.8 Å². The van der Waals surface area contributed by atoms with E-state index in [1.165, 1.54) is 57.8 Å². The molecule has 6 saturated carbocycles.